The van der Waals surface area contributed by atoms with Gasteiger partial charge in [-0.05, 0) is 35.4 Å². The second-order valence-corrected chi connectivity index (χ2v) is 6.21. The molecule has 1 aliphatic heterocycles. The van der Waals surface area contributed by atoms with Gasteiger partial charge in [-0.15, -0.1) is 0 Å². The van der Waals surface area contributed by atoms with Gasteiger partial charge in [-0.1, -0.05) is 24.3 Å². The molecule has 0 saturated carbocycles. The van der Waals surface area contributed by atoms with E-state index in [9.17, 15) is 14.4 Å². The SMILES string of the molecule is COC(=O)[C@H]1Cc2ccccc2CN1C(=O)COc1ccc(C(N)=O)cc1. The van der Waals surface area contributed by atoms with Crippen LogP contribution in [0.3, 0.4) is 0 Å². The molecule has 0 aliphatic carbocycles. The highest BCUT2D eigenvalue weighted by molar-refractivity contribution is 5.92. The van der Waals surface area contributed by atoms with E-state index in [2.05, 4.69) is 0 Å². The maximum atomic E-state index is 12.7. The van der Waals surface area contributed by atoms with E-state index < -0.39 is 17.9 Å². The summed E-state index contributed by atoms with van der Waals surface area (Å²) in [7, 11) is 1.31. The number of methoxy groups -OCH3 is 1. The summed E-state index contributed by atoms with van der Waals surface area (Å²) in [5.74, 6) is -0.881. The number of amides is 2. The number of carbonyl (C=O) groups excluding carboxylic acids is 3. The van der Waals surface area contributed by atoms with Gasteiger partial charge in [-0.2, -0.15) is 0 Å². The highest BCUT2D eigenvalue weighted by Crippen LogP contribution is 2.24. The van der Waals surface area contributed by atoms with Gasteiger partial charge in [0.1, 0.15) is 11.8 Å². The monoisotopic (exact) mass is 368 g/mol. The molecule has 2 amide bonds. The van der Waals surface area contributed by atoms with Gasteiger partial charge in [0.25, 0.3) is 5.91 Å². The van der Waals surface area contributed by atoms with Crippen LogP contribution in [0.4, 0.5) is 0 Å². The van der Waals surface area contributed by atoms with Crippen LogP contribution < -0.4 is 10.5 Å². The number of carbonyl (C=O) groups is 3. The first-order valence-electron chi connectivity index (χ1n) is 8.46. The van der Waals surface area contributed by atoms with E-state index in [1.54, 1.807) is 12.1 Å². The third-order valence-electron chi connectivity index (χ3n) is 4.54. The maximum absolute atomic E-state index is 12.7. The quantitative estimate of drug-likeness (QED) is 0.802. The standard InChI is InChI=1S/C20H20N2O5/c1-26-20(25)17-10-14-4-2-3-5-15(14)11-22(17)18(23)12-27-16-8-6-13(7-9-16)19(21)24/h2-9,17H,10-12H2,1H3,(H2,21,24)/t17-/m1/s1. The summed E-state index contributed by atoms with van der Waals surface area (Å²) in [6.45, 7) is 0.0876. The predicted octanol–water partition coefficient (Wildman–Crippen LogP) is 1.29. The largest absolute Gasteiger partial charge is 0.484 e. The maximum Gasteiger partial charge on any atom is 0.328 e. The first-order chi connectivity index (χ1) is 13.0. The first-order valence-corrected chi connectivity index (χ1v) is 8.46. The van der Waals surface area contributed by atoms with E-state index in [0.717, 1.165) is 11.1 Å². The zero-order chi connectivity index (χ0) is 19.4. The number of benzene rings is 2. The van der Waals surface area contributed by atoms with Crippen molar-refractivity contribution in [3.63, 3.8) is 0 Å². The molecular formula is C20H20N2O5. The number of primary amides is 1. The molecule has 0 unspecified atom stereocenters. The van der Waals surface area contributed by atoms with E-state index in [1.165, 1.54) is 24.1 Å². The number of esters is 1. The number of ether oxygens (including phenoxy) is 2. The van der Waals surface area contributed by atoms with Gasteiger partial charge in [-0.3, -0.25) is 9.59 Å². The lowest BCUT2D eigenvalue weighted by Crippen LogP contribution is -2.50. The molecule has 140 valence electrons. The van der Waals surface area contributed by atoms with Crippen LogP contribution in [0.5, 0.6) is 5.75 Å². The summed E-state index contributed by atoms with van der Waals surface area (Å²) in [5, 5.41) is 0. The highest BCUT2D eigenvalue weighted by atomic mass is 16.5. The van der Waals surface area contributed by atoms with Crippen molar-refractivity contribution in [2.24, 2.45) is 5.73 Å². The Morgan fingerprint density at radius 3 is 2.37 bits per heavy atom. The minimum atomic E-state index is -0.682. The van der Waals surface area contributed by atoms with Crippen molar-refractivity contribution < 1.29 is 23.9 Å². The molecule has 0 bridgehead atoms. The Kier molecular flexibility index (Phi) is 5.40. The molecule has 1 aliphatic rings. The fourth-order valence-electron chi connectivity index (χ4n) is 3.08. The van der Waals surface area contributed by atoms with Crippen molar-refractivity contribution in [1.82, 2.24) is 4.90 Å². The van der Waals surface area contributed by atoms with E-state index in [0.29, 0.717) is 24.3 Å². The van der Waals surface area contributed by atoms with Crippen molar-refractivity contribution in [3.8, 4) is 5.75 Å². The molecule has 0 aromatic heterocycles. The number of nitrogens with zero attached hydrogens (tertiary/aromatic N) is 1. The van der Waals surface area contributed by atoms with Crippen molar-refractivity contribution in [2.75, 3.05) is 13.7 Å². The number of rotatable bonds is 5. The Labute approximate surface area is 156 Å². The molecule has 1 atom stereocenters. The van der Waals surface area contributed by atoms with E-state index >= 15 is 0 Å². The zero-order valence-corrected chi connectivity index (χ0v) is 14.9. The van der Waals surface area contributed by atoms with Crippen LogP contribution in [0, 0.1) is 0 Å². The van der Waals surface area contributed by atoms with Gasteiger partial charge in [0.2, 0.25) is 5.91 Å². The fraction of sp³-hybridized carbons (Fsp3) is 0.250. The molecule has 2 aromatic rings. The molecule has 0 spiro atoms. The number of hydrogen-bond acceptors (Lipinski definition) is 5. The second kappa shape index (κ2) is 7.90. The van der Waals surface area contributed by atoms with Crippen molar-refractivity contribution in [2.45, 2.75) is 19.0 Å². The molecule has 27 heavy (non-hydrogen) atoms. The predicted molar refractivity (Wildman–Crippen MR) is 97.0 cm³/mol. The lowest BCUT2D eigenvalue weighted by Gasteiger charge is -2.35. The van der Waals surface area contributed by atoms with Crippen LogP contribution >= 0.6 is 0 Å². The van der Waals surface area contributed by atoms with Gasteiger partial charge in [-0.25, -0.2) is 4.79 Å². The zero-order valence-electron chi connectivity index (χ0n) is 14.9. The lowest BCUT2D eigenvalue weighted by atomic mass is 9.94. The van der Waals surface area contributed by atoms with Crippen LogP contribution in [0.1, 0.15) is 21.5 Å². The number of nitrogens with two attached hydrogens (primary N) is 1. The van der Waals surface area contributed by atoms with E-state index in [-0.39, 0.29) is 12.5 Å². The second-order valence-electron chi connectivity index (χ2n) is 6.21. The Morgan fingerprint density at radius 1 is 1.07 bits per heavy atom. The summed E-state index contributed by atoms with van der Waals surface area (Å²) in [4.78, 5) is 37.4. The Morgan fingerprint density at radius 2 is 1.74 bits per heavy atom. The van der Waals surface area contributed by atoms with E-state index in [1.807, 2.05) is 24.3 Å². The summed E-state index contributed by atoms with van der Waals surface area (Å²) >= 11 is 0. The van der Waals surface area contributed by atoms with E-state index in [4.69, 9.17) is 15.2 Å². The fourth-order valence-corrected chi connectivity index (χ4v) is 3.08. The van der Waals surface area contributed by atoms with Crippen LogP contribution in [0.15, 0.2) is 48.5 Å². The molecule has 0 saturated heterocycles. The molecule has 2 N–H and O–H groups in total. The summed E-state index contributed by atoms with van der Waals surface area (Å²) < 4.78 is 10.4. The molecule has 7 heteroatoms. The van der Waals surface area contributed by atoms with Gasteiger partial charge >= 0.3 is 5.97 Å². The molecule has 0 fully saturated rings. The topological polar surface area (TPSA) is 98.9 Å². The lowest BCUT2D eigenvalue weighted by molar-refractivity contribution is -0.154. The third-order valence-corrected chi connectivity index (χ3v) is 4.54. The van der Waals surface area contributed by atoms with Crippen molar-refractivity contribution >= 4 is 17.8 Å². The summed E-state index contributed by atoms with van der Waals surface area (Å²) in [5.41, 5.74) is 7.57. The normalized spacial score (nSPS) is 15.6. The molecule has 2 aromatic carbocycles. The average Bonchev–Trinajstić information content (AvgIpc) is 2.70. The van der Waals surface area contributed by atoms with Gasteiger partial charge < -0.3 is 20.1 Å². The summed E-state index contributed by atoms with van der Waals surface area (Å²) in [6.07, 6.45) is 0.405. The molecule has 3 rings (SSSR count). The molecular weight excluding hydrogens is 348 g/mol. The minimum Gasteiger partial charge on any atom is -0.484 e. The minimum absolute atomic E-state index is 0.231. The van der Waals surface area contributed by atoms with Crippen LogP contribution in [-0.2, 0) is 27.3 Å². The Bertz CT molecular complexity index is 863. The first kappa shape index (κ1) is 18.4. The Balaban J connectivity index is 1.71. The van der Waals surface area contributed by atoms with Gasteiger partial charge in [0, 0.05) is 18.5 Å². The smallest absolute Gasteiger partial charge is 0.328 e. The number of fused-ring (bicyclic) bond motifs is 1. The van der Waals surface area contributed by atoms with Crippen molar-refractivity contribution in [1.29, 1.82) is 0 Å². The Hall–Kier alpha value is -3.35. The van der Waals surface area contributed by atoms with Gasteiger partial charge in [0.05, 0.1) is 7.11 Å². The van der Waals surface area contributed by atoms with Crippen LogP contribution in [-0.4, -0.2) is 42.4 Å². The van der Waals surface area contributed by atoms with Crippen LogP contribution in [0.2, 0.25) is 0 Å². The summed E-state index contributed by atoms with van der Waals surface area (Å²) in [6, 6.07) is 13.2. The van der Waals surface area contributed by atoms with Gasteiger partial charge in [0.15, 0.2) is 6.61 Å². The third kappa shape index (κ3) is 4.08. The van der Waals surface area contributed by atoms with Crippen molar-refractivity contribution in [3.05, 3.63) is 65.2 Å². The number of hydrogen-bond donors (Lipinski definition) is 1. The van der Waals surface area contributed by atoms with Crippen LogP contribution in [0.25, 0.3) is 0 Å². The molecule has 7 nitrogen and oxygen atoms in total. The highest BCUT2D eigenvalue weighted by Gasteiger charge is 2.35. The molecule has 1 heterocycles. The molecule has 0 radical (unpaired) electrons. The average molecular weight is 368 g/mol.